The summed E-state index contributed by atoms with van der Waals surface area (Å²) in [5.41, 5.74) is 0. The van der Waals surface area contributed by atoms with Crippen molar-refractivity contribution in [2.24, 2.45) is 0 Å². The fourth-order valence-corrected chi connectivity index (χ4v) is 3.36. The molecule has 22 heavy (non-hydrogen) atoms. The van der Waals surface area contributed by atoms with Crippen molar-refractivity contribution in [1.29, 1.82) is 0 Å². The Morgan fingerprint density at radius 3 is 2.59 bits per heavy atom. The second-order valence-corrected chi connectivity index (χ2v) is 6.64. The van der Waals surface area contributed by atoms with Gasteiger partial charge in [-0.2, -0.15) is 0 Å². The van der Waals surface area contributed by atoms with Crippen LogP contribution in [0.25, 0.3) is 0 Å². The largest absolute Gasteiger partial charge is 0.456 e. The minimum atomic E-state index is -0.317. The molecule has 1 fully saturated rings. The lowest BCUT2D eigenvalue weighted by Gasteiger charge is -2.22. The van der Waals surface area contributed by atoms with Gasteiger partial charge in [0.15, 0.2) is 6.61 Å². The van der Waals surface area contributed by atoms with Gasteiger partial charge in [0.05, 0.1) is 6.42 Å². The Morgan fingerprint density at radius 1 is 1.14 bits per heavy atom. The van der Waals surface area contributed by atoms with Gasteiger partial charge in [-0.15, -0.1) is 11.8 Å². The predicted molar refractivity (Wildman–Crippen MR) is 87.8 cm³/mol. The maximum Gasteiger partial charge on any atom is 0.307 e. The lowest BCUT2D eigenvalue weighted by Crippen LogP contribution is -2.38. The monoisotopic (exact) mass is 321 g/mol. The zero-order valence-electron chi connectivity index (χ0n) is 12.8. The van der Waals surface area contributed by atoms with E-state index < -0.39 is 0 Å². The first-order valence-corrected chi connectivity index (χ1v) is 8.85. The summed E-state index contributed by atoms with van der Waals surface area (Å²) in [6.45, 7) is -0.161. The third kappa shape index (κ3) is 6.52. The summed E-state index contributed by atoms with van der Waals surface area (Å²) in [6.07, 6.45) is 5.97. The zero-order valence-corrected chi connectivity index (χ0v) is 13.6. The number of hydrogen-bond donors (Lipinski definition) is 1. The Balaban J connectivity index is 1.56. The molecule has 0 aliphatic heterocycles. The number of rotatable bonds is 7. The molecule has 4 nitrogen and oxygen atoms in total. The Morgan fingerprint density at radius 2 is 1.86 bits per heavy atom. The molecule has 1 amide bonds. The quantitative estimate of drug-likeness (QED) is 0.619. The smallest absolute Gasteiger partial charge is 0.307 e. The topological polar surface area (TPSA) is 55.4 Å². The highest BCUT2D eigenvalue weighted by Crippen LogP contribution is 2.18. The van der Waals surface area contributed by atoms with Gasteiger partial charge < -0.3 is 10.1 Å². The Kier molecular flexibility index (Phi) is 7.30. The van der Waals surface area contributed by atoms with E-state index in [1.54, 1.807) is 11.8 Å². The lowest BCUT2D eigenvalue weighted by molar-refractivity contribution is -0.148. The molecular formula is C17H23NO3S. The number of hydrogen-bond acceptors (Lipinski definition) is 4. The number of nitrogens with one attached hydrogen (secondary N) is 1. The Hall–Kier alpha value is -1.49. The molecule has 1 aliphatic carbocycles. The Labute approximate surface area is 136 Å². The van der Waals surface area contributed by atoms with Crippen molar-refractivity contribution in [1.82, 2.24) is 5.32 Å². The average molecular weight is 321 g/mol. The van der Waals surface area contributed by atoms with Gasteiger partial charge >= 0.3 is 5.97 Å². The second-order valence-electron chi connectivity index (χ2n) is 5.47. The molecule has 0 spiro atoms. The summed E-state index contributed by atoms with van der Waals surface area (Å²) in [5.74, 6) is 0.158. The number of amides is 1. The zero-order chi connectivity index (χ0) is 15.6. The van der Waals surface area contributed by atoms with Crippen LogP contribution in [-0.4, -0.2) is 30.3 Å². The first kappa shape index (κ1) is 16.9. The molecule has 0 heterocycles. The third-order valence-corrected chi connectivity index (χ3v) is 4.67. The first-order chi connectivity index (χ1) is 10.7. The van der Waals surface area contributed by atoms with Crippen molar-refractivity contribution < 1.29 is 14.3 Å². The van der Waals surface area contributed by atoms with Crippen LogP contribution in [0.5, 0.6) is 0 Å². The van der Waals surface area contributed by atoms with Crippen LogP contribution < -0.4 is 5.32 Å². The lowest BCUT2D eigenvalue weighted by atomic mass is 9.95. The minimum Gasteiger partial charge on any atom is -0.456 e. The van der Waals surface area contributed by atoms with Crippen molar-refractivity contribution in [3.05, 3.63) is 30.3 Å². The molecule has 2 rings (SSSR count). The van der Waals surface area contributed by atoms with Gasteiger partial charge in [-0.3, -0.25) is 9.59 Å². The van der Waals surface area contributed by atoms with Crippen LogP contribution in [0, 0.1) is 0 Å². The summed E-state index contributed by atoms with van der Waals surface area (Å²) < 4.78 is 5.02. The van der Waals surface area contributed by atoms with Gasteiger partial charge in [0, 0.05) is 16.7 Å². The molecule has 0 aromatic heterocycles. The van der Waals surface area contributed by atoms with Crippen molar-refractivity contribution in [3.63, 3.8) is 0 Å². The van der Waals surface area contributed by atoms with Gasteiger partial charge in [-0.25, -0.2) is 0 Å². The number of ether oxygens (including phenoxy) is 1. The fraction of sp³-hybridized carbons (Fsp3) is 0.529. The summed E-state index contributed by atoms with van der Waals surface area (Å²) in [7, 11) is 0. The van der Waals surface area contributed by atoms with E-state index in [2.05, 4.69) is 5.32 Å². The maximum absolute atomic E-state index is 11.7. The molecule has 1 aromatic carbocycles. The highest BCUT2D eigenvalue weighted by molar-refractivity contribution is 7.99. The van der Waals surface area contributed by atoms with E-state index in [4.69, 9.17) is 4.74 Å². The molecule has 1 N–H and O–H groups in total. The highest BCUT2D eigenvalue weighted by Gasteiger charge is 2.16. The normalized spacial score (nSPS) is 15.3. The molecule has 0 unspecified atom stereocenters. The number of benzene rings is 1. The van der Waals surface area contributed by atoms with E-state index in [9.17, 15) is 9.59 Å². The Bertz CT molecular complexity index is 472. The van der Waals surface area contributed by atoms with Crippen LogP contribution >= 0.6 is 11.8 Å². The summed E-state index contributed by atoms with van der Waals surface area (Å²) in [6, 6.07) is 10.2. The maximum atomic E-state index is 11.7. The predicted octanol–water partition coefficient (Wildman–Crippen LogP) is 3.16. The van der Waals surface area contributed by atoms with Gasteiger partial charge in [-0.1, -0.05) is 37.5 Å². The van der Waals surface area contributed by atoms with E-state index in [-0.39, 0.29) is 24.5 Å². The van der Waals surface area contributed by atoms with Gasteiger partial charge in [0.2, 0.25) is 0 Å². The van der Waals surface area contributed by atoms with Gasteiger partial charge in [-0.05, 0) is 25.0 Å². The van der Waals surface area contributed by atoms with Crippen LogP contribution in [0.15, 0.2) is 35.2 Å². The molecule has 0 saturated heterocycles. The molecule has 120 valence electrons. The molecule has 0 bridgehead atoms. The molecule has 1 aromatic rings. The molecule has 5 heteroatoms. The van der Waals surface area contributed by atoms with Crippen LogP contribution in [0.1, 0.15) is 38.5 Å². The van der Waals surface area contributed by atoms with Crippen molar-refractivity contribution in [2.45, 2.75) is 49.5 Å². The summed E-state index contributed by atoms with van der Waals surface area (Å²) >= 11 is 1.61. The molecule has 0 radical (unpaired) electrons. The highest BCUT2D eigenvalue weighted by atomic mass is 32.2. The number of thioether (sulfide) groups is 1. The molecule has 0 atom stereocenters. The fourth-order valence-electron chi connectivity index (χ4n) is 2.50. The van der Waals surface area contributed by atoms with Crippen LogP contribution in [0.2, 0.25) is 0 Å². The standard InChI is InChI=1S/C17H23NO3S/c19-16(18-14-7-3-1-4-8-14)13-21-17(20)11-12-22-15-9-5-2-6-10-15/h2,5-6,9-10,14H,1,3-4,7-8,11-13H2,(H,18,19). The van der Waals surface area contributed by atoms with Crippen LogP contribution in [-0.2, 0) is 14.3 Å². The van der Waals surface area contributed by atoms with E-state index in [1.165, 1.54) is 19.3 Å². The third-order valence-electron chi connectivity index (χ3n) is 3.65. The van der Waals surface area contributed by atoms with E-state index >= 15 is 0 Å². The second kappa shape index (κ2) is 9.51. The number of carbonyl (C=O) groups is 2. The van der Waals surface area contributed by atoms with E-state index in [0.717, 1.165) is 17.7 Å². The average Bonchev–Trinajstić information content (AvgIpc) is 2.55. The SMILES string of the molecule is O=C(COC(=O)CCSc1ccccc1)NC1CCCCC1. The minimum absolute atomic E-state index is 0.161. The van der Waals surface area contributed by atoms with Crippen molar-refractivity contribution in [3.8, 4) is 0 Å². The van der Waals surface area contributed by atoms with Crippen molar-refractivity contribution in [2.75, 3.05) is 12.4 Å². The van der Waals surface area contributed by atoms with E-state index in [0.29, 0.717) is 12.2 Å². The first-order valence-electron chi connectivity index (χ1n) is 7.87. The molecule has 1 aliphatic rings. The number of esters is 1. The number of carbonyl (C=O) groups excluding carboxylic acids is 2. The summed E-state index contributed by atoms with van der Waals surface area (Å²) in [4.78, 5) is 24.5. The van der Waals surface area contributed by atoms with Crippen molar-refractivity contribution >= 4 is 23.6 Å². The van der Waals surface area contributed by atoms with E-state index in [1.807, 2.05) is 30.3 Å². The molecule has 1 saturated carbocycles. The van der Waals surface area contributed by atoms with Crippen LogP contribution in [0.3, 0.4) is 0 Å². The van der Waals surface area contributed by atoms with Gasteiger partial charge in [0.25, 0.3) is 5.91 Å². The molecular weight excluding hydrogens is 298 g/mol. The van der Waals surface area contributed by atoms with Crippen LogP contribution in [0.4, 0.5) is 0 Å². The summed E-state index contributed by atoms with van der Waals surface area (Å²) in [5, 5.41) is 2.93. The van der Waals surface area contributed by atoms with Gasteiger partial charge in [0.1, 0.15) is 0 Å².